The number of nitrogens with zero attached hydrogens (tertiary/aromatic N) is 3. The summed E-state index contributed by atoms with van der Waals surface area (Å²) in [5.41, 5.74) is 16.1. The van der Waals surface area contributed by atoms with E-state index in [1.807, 2.05) is 30.5 Å². The summed E-state index contributed by atoms with van der Waals surface area (Å²) in [5.74, 6) is 1.04. The molecule has 6 heteroatoms. The lowest BCUT2D eigenvalue weighted by Crippen LogP contribution is -2.24. The first kappa shape index (κ1) is 16.0. The van der Waals surface area contributed by atoms with Crippen molar-refractivity contribution in [1.82, 2.24) is 4.98 Å². The Hall–Kier alpha value is -2.89. The number of fused-ring (bicyclic) bond motifs is 1. The van der Waals surface area contributed by atoms with Gasteiger partial charge in [-0.05, 0) is 48.9 Å². The smallest absolute Gasteiger partial charge is 0.211 e. The second kappa shape index (κ2) is 6.70. The summed E-state index contributed by atoms with van der Waals surface area (Å²) in [6.07, 6.45) is 3.39. The number of ether oxygens (including phenoxy) is 1. The number of pyridine rings is 1. The topological polar surface area (TPSA) is 98.9 Å². The highest BCUT2D eigenvalue weighted by atomic mass is 16.5. The Kier molecular flexibility index (Phi) is 4.46. The van der Waals surface area contributed by atoms with Crippen molar-refractivity contribution >= 4 is 11.7 Å². The van der Waals surface area contributed by atoms with Gasteiger partial charge in [-0.25, -0.2) is 0 Å². The number of aryl methyl sites for hydroxylation is 1. The largest absolute Gasteiger partial charge is 0.496 e. The van der Waals surface area contributed by atoms with Crippen molar-refractivity contribution in [3.05, 3.63) is 58.9 Å². The molecule has 24 heavy (non-hydrogen) atoms. The molecule has 0 fully saturated rings. The maximum Gasteiger partial charge on any atom is 0.211 e. The molecule has 0 saturated carbocycles. The van der Waals surface area contributed by atoms with E-state index in [-0.39, 0.29) is 11.9 Å². The van der Waals surface area contributed by atoms with Crippen LogP contribution in [0.4, 0.5) is 0 Å². The van der Waals surface area contributed by atoms with Gasteiger partial charge in [-0.1, -0.05) is 18.2 Å². The molecule has 0 aliphatic heterocycles. The van der Waals surface area contributed by atoms with Crippen LogP contribution < -0.4 is 16.2 Å². The van der Waals surface area contributed by atoms with Gasteiger partial charge < -0.3 is 16.2 Å². The Morgan fingerprint density at radius 1 is 1.21 bits per heavy atom. The summed E-state index contributed by atoms with van der Waals surface area (Å²) in [6.45, 7) is 2.05. The van der Waals surface area contributed by atoms with Crippen molar-refractivity contribution in [2.45, 2.75) is 25.7 Å². The molecule has 1 aliphatic rings. The van der Waals surface area contributed by atoms with Gasteiger partial charge >= 0.3 is 0 Å². The lowest BCUT2D eigenvalue weighted by atomic mass is 9.79. The number of methoxy groups -OCH3 is 1. The highest BCUT2D eigenvalue weighted by Crippen LogP contribution is 2.37. The molecular weight excluding hydrogens is 302 g/mol. The van der Waals surface area contributed by atoms with E-state index in [1.54, 1.807) is 7.11 Å². The van der Waals surface area contributed by atoms with Gasteiger partial charge in [-0.3, -0.25) is 4.98 Å². The van der Waals surface area contributed by atoms with Crippen molar-refractivity contribution in [2.24, 2.45) is 21.7 Å². The Morgan fingerprint density at radius 2 is 2.00 bits per heavy atom. The summed E-state index contributed by atoms with van der Waals surface area (Å²) in [6, 6.07) is 10.0. The molecule has 6 nitrogen and oxygen atoms in total. The normalized spacial score (nSPS) is 18.1. The molecule has 2 aromatic rings. The molecule has 1 unspecified atom stereocenters. The molecule has 0 radical (unpaired) electrons. The van der Waals surface area contributed by atoms with Gasteiger partial charge in [0.15, 0.2) is 0 Å². The summed E-state index contributed by atoms with van der Waals surface area (Å²) in [5, 5.41) is 8.15. The molecule has 1 aromatic carbocycles. The Balaban J connectivity index is 2.08. The number of para-hydroxylation sites is 1. The van der Waals surface area contributed by atoms with Crippen LogP contribution in [0, 0.1) is 6.92 Å². The van der Waals surface area contributed by atoms with Crippen molar-refractivity contribution in [2.75, 3.05) is 7.11 Å². The second-order valence-electron chi connectivity index (χ2n) is 5.87. The second-order valence-corrected chi connectivity index (χ2v) is 5.87. The summed E-state index contributed by atoms with van der Waals surface area (Å²) >= 11 is 0. The molecule has 1 atom stereocenters. The van der Waals surface area contributed by atoms with Crippen LogP contribution >= 0.6 is 0 Å². The van der Waals surface area contributed by atoms with E-state index < -0.39 is 0 Å². The molecule has 4 N–H and O–H groups in total. The lowest BCUT2D eigenvalue weighted by molar-refractivity contribution is 0.405. The van der Waals surface area contributed by atoms with Gasteiger partial charge in [-0.2, -0.15) is 5.10 Å². The van der Waals surface area contributed by atoms with E-state index in [0.717, 1.165) is 46.7 Å². The van der Waals surface area contributed by atoms with E-state index in [1.165, 1.54) is 0 Å². The van der Waals surface area contributed by atoms with Gasteiger partial charge in [0.25, 0.3) is 0 Å². The van der Waals surface area contributed by atoms with Crippen LogP contribution in [-0.4, -0.2) is 23.8 Å². The summed E-state index contributed by atoms with van der Waals surface area (Å²) < 4.78 is 5.52. The zero-order valence-corrected chi connectivity index (χ0v) is 13.9. The molecule has 0 saturated heterocycles. The SMILES string of the molecule is COc1ccccc1C1C/C(=N/N=C(N)N)c2c(C)ccnc2C1. The van der Waals surface area contributed by atoms with Crippen LogP contribution in [0.25, 0.3) is 0 Å². The Morgan fingerprint density at radius 3 is 2.75 bits per heavy atom. The van der Waals surface area contributed by atoms with Gasteiger partial charge in [0.1, 0.15) is 5.75 Å². The molecule has 0 amide bonds. The minimum absolute atomic E-state index is 0.0509. The predicted molar refractivity (Wildman–Crippen MR) is 95.4 cm³/mol. The standard InChI is InChI=1S/C18H21N5O/c1-11-7-8-21-14-9-12(13-5-3-4-6-16(13)24-2)10-15(17(11)14)22-23-18(19)20/h3-8,12H,9-10H2,1-2H3,(H4,19,20,23)/b22-15-. The van der Waals surface area contributed by atoms with Crippen LogP contribution in [0.5, 0.6) is 5.75 Å². The third-order valence-electron chi connectivity index (χ3n) is 4.27. The Labute approximate surface area is 141 Å². The first-order chi connectivity index (χ1) is 11.6. The number of aromatic nitrogens is 1. The number of guanidine groups is 1. The maximum atomic E-state index is 5.52. The predicted octanol–water partition coefficient (Wildman–Crippen LogP) is 2.11. The Bertz CT molecular complexity index is 809. The molecule has 0 bridgehead atoms. The zero-order valence-electron chi connectivity index (χ0n) is 13.9. The fraction of sp³-hybridized carbons (Fsp3) is 0.278. The van der Waals surface area contributed by atoms with Crippen LogP contribution in [0.1, 0.15) is 34.7 Å². The molecular formula is C18H21N5O. The van der Waals surface area contributed by atoms with E-state index >= 15 is 0 Å². The van der Waals surface area contributed by atoms with E-state index in [2.05, 4.69) is 28.2 Å². The summed E-state index contributed by atoms with van der Waals surface area (Å²) in [4.78, 5) is 4.56. The first-order valence-electron chi connectivity index (χ1n) is 7.83. The summed E-state index contributed by atoms with van der Waals surface area (Å²) in [7, 11) is 1.69. The third kappa shape index (κ3) is 3.08. The molecule has 1 heterocycles. The minimum atomic E-state index is -0.0509. The third-order valence-corrected chi connectivity index (χ3v) is 4.27. The quantitative estimate of drug-likeness (QED) is 0.513. The molecule has 124 valence electrons. The van der Waals surface area contributed by atoms with E-state index in [4.69, 9.17) is 16.2 Å². The zero-order chi connectivity index (χ0) is 17.1. The van der Waals surface area contributed by atoms with E-state index in [0.29, 0.717) is 0 Å². The molecule has 3 rings (SSSR count). The number of hydrogen-bond acceptors (Lipinski definition) is 4. The molecule has 0 spiro atoms. The van der Waals surface area contributed by atoms with Crippen molar-refractivity contribution in [3.8, 4) is 5.75 Å². The fourth-order valence-corrected chi connectivity index (χ4v) is 3.24. The highest BCUT2D eigenvalue weighted by Gasteiger charge is 2.28. The average Bonchev–Trinajstić information content (AvgIpc) is 2.59. The number of hydrogen-bond donors (Lipinski definition) is 2. The van der Waals surface area contributed by atoms with Crippen LogP contribution in [0.2, 0.25) is 0 Å². The van der Waals surface area contributed by atoms with Crippen molar-refractivity contribution in [1.29, 1.82) is 0 Å². The highest BCUT2D eigenvalue weighted by molar-refractivity contribution is 6.04. The number of nitrogens with two attached hydrogens (primary N) is 2. The molecule has 1 aromatic heterocycles. The van der Waals surface area contributed by atoms with Crippen molar-refractivity contribution < 1.29 is 4.74 Å². The van der Waals surface area contributed by atoms with Gasteiger partial charge in [0.2, 0.25) is 5.96 Å². The number of rotatable bonds is 3. The monoisotopic (exact) mass is 323 g/mol. The van der Waals surface area contributed by atoms with E-state index in [9.17, 15) is 0 Å². The van der Waals surface area contributed by atoms with Crippen LogP contribution in [-0.2, 0) is 6.42 Å². The lowest BCUT2D eigenvalue weighted by Gasteiger charge is -2.27. The van der Waals surface area contributed by atoms with Crippen LogP contribution in [0.15, 0.2) is 46.7 Å². The fourth-order valence-electron chi connectivity index (χ4n) is 3.24. The minimum Gasteiger partial charge on any atom is -0.496 e. The van der Waals surface area contributed by atoms with Gasteiger partial charge in [0.05, 0.1) is 18.5 Å². The van der Waals surface area contributed by atoms with Gasteiger partial charge in [0, 0.05) is 11.8 Å². The average molecular weight is 323 g/mol. The van der Waals surface area contributed by atoms with Crippen molar-refractivity contribution in [3.63, 3.8) is 0 Å². The first-order valence-corrected chi connectivity index (χ1v) is 7.83. The number of benzene rings is 1. The van der Waals surface area contributed by atoms with Crippen LogP contribution in [0.3, 0.4) is 0 Å². The molecule has 1 aliphatic carbocycles. The maximum absolute atomic E-state index is 5.52. The van der Waals surface area contributed by atoms with Gasteiger partial charge in [-0.15, -0.1) is 5.10 Å².